The van der Waals surface area contributed by atoms with E-state index in [0.717, 1.165) is 0 Å². The van der Waals surface area contributed by atoms with E-state index in [2.05, 4.69) is 4.98 Å². The SMILES string of the molecule is CC(C#N)Oc1cccnc1N. The van der Waals surface area contributed by atoms with Gasteiger partial charge in [0.1, 0.15) is 6.07 Å². The van der Waals surface area contributed by atoms with Crippen molar-refractivity contribution >= 4 is 5.82 Å². The lowest BCUT2D eigenvalue weighted by molar-refractivity contribution is 0.277. The highest BCUT2D eigenvalue weighted by Crippen LogP contribution is 2.17. The van der Waals surface area contributed by atoms with Gasteiger partial charge in [-0.15, -0.1) is 0 Å². The average Bonchev–Trinajstić information content (AvgIpc) is 2.09. The van der Waals surface area contributed by atoms with E-state index in [0.29, 0.717) is 11.6 Å². The first-order valence-corrected chi connectivity index (χ1v) is 3.51. The molecular weight excluding hydrogens is 154 g/mol. The van der Waals surface area contributed by atoms with Crippen LogP contribution in [0, 0.1) is 11.3 Å². The summed E-state index contributed by atoms with van der Waals surface area (Å²) in [5.74, 6) is 0.756. The van der Waals surface area contributed by atoms with Crippen LogP contribution in [0.3, 0.4) is 0 Å². The maximum absolute atomic E-state index is 8.45. The van der Waals surface area contributed by atoms with Crippen LogP contribution in [0.2, 0.25) is 0 Å². The van der Waals surface area contributed by atoms with Crippen LogP contribution in [-0.4, -0.2) is 11.1 Å². The maximum Gasteiger partial charge on any atom is 0.181 e. The van der Waals surface area contributed by atoms with E-state index in [1.54, 1.807) is 25.3 Å². The number of hydrogen-bond acceptors (Lipinski definition) is 4. The van der Waals surface area contributed by atoms with E-state index in [1.807, 2.05) is 6.07 Å². The Morgan fingerprint density at radius 3 is 3.08 bits per heavy atom. The van der Waals surface area contributed by atoms with Crippen LogP contribution >= 0.6 is 0 Å². The third-order valence-electron chi connectivity index (χ3n) is 1.29. The molecule has 4 heteroatoms. The molecule has 0 fully saturated rings. The minimum atomic E-state index is -0.503. The summed E-state index contributed by atoms with van der Waals surface area (Å²) < 4.78 is 5.15. The Morgan fingerprint density at radius 2 is 2.50 bits per heavy atom. The third-order valence-corrected chi connectivity index (χ3v) is 1.29. The van der Waals surface area contributed by atoms with Gasteiger partial charge < -0.3 is 10.5 Å². The van der Waals surface area contributed by atoms with Crippen molar-refractivity contribution in [3.8, 4) is 11.8 Å². The van der Waals surface area contributed by atoms with Gasteiger partial charge in [0.05, 0.1) is 0 Å². The Kier molecular flexibility index (Phi) is 2.49. The summed E-state index contributed by atoms with van der Waals surface area (Å²) >= 11 is 0. The number of pyridine rings is 1. The van der Waals surface area contributed by atoms with E-state index < -0.39 is 6.10 Å². The van der Waals surface area contributed by atoms with Gasteiger partial charge in [-0.25, -0.2) is 4.98 Å². The largest absolute Gasteiger partial charge is 0.472 e. The Labute approximate surface area is 70.6 Å². The molecule has 4 nitrogen and oxygen atoms in total. The molecule has 62 valence electrons. The summed E-state index contributed by atoms with van der Waals surface area (Å²) in [6, 6.07) is 5.32. The second kappa shape index (κ2) is 3.58. The van der Waals surface area contributed by atoms with Gasteiger partial charge in [0.25, 0.3) is 0 Å². The fourth-order valence-corrected chi connectivity index (χ4v) is 0.719. The smallest absolute Gasteiger partial charge is 0.181 e. The highest BCUT2D eigenvalue weighted by molar-refractivity contribution is 5.44. The van der Waals surface area contributed by atoms with E-state index >= 15 is 0 Å². The Bertz CT molecular complexity index is 305. The predicted octanol–water partition coefficient (Wildman–Crippen LogP) is 0.955. The third kappa shape index (κ3) is 1.86. The molecule has 0 amide bonds. The molecule has 1 aromatic heterocycles. The highest BCUT2D eigenvalue weighted by Gasteiger charge is 2.04. The number of nitrogen functional groups attached to an aromatic ring is 1. The zero-order valence-electron chi connectivity index (χ0n) is 6.69. The van der Waals surface area contributed by atoms with Gasteiger partial charge in [0.15, 0.2) is 17.7 Å². The van der Waals surface area contributed by atoms with E-state index in [1.165, 1.54) is 0 Å². The molecular formula is C8H9N3O. The van der Waals surface area contributed by atoms with Crippen molar-refractivity contribution in [1.82, 2.24) is 4.98 Å². The minimum Gasteiger partial charge on any atom is -0.472 e. The lowest BCUT2D eigenvalue weighted by atomic mass is 10.4. The van der Waals surface area contributed by atoms with Crippen LogP contribution in [-0.2, 0) is 0 Å². The van der Waals surface area contributed by atoms with Gasteiger partial charge in [0, 0.05) is 6.20 Å². The molecule has 2 N–H and O–H groups in total. The predicted molar refractivity (Wildman–Crippen MR) is 44.4 cm³/mol. The van der Waals surface area contributed by atoms with Gasteiger partial charge in [-0.05, 0) is 19.1 Å². The molecule has 0 aliphatic carbocycles. The molecule has 1 heterocycles. The van der Waals surface area contributed by atoms with Crippen LogP contribution in [0.25, 0.3) is 0 Å². The fourth-order valence-electron chi connectivity index (χ4n) is 0.719. The molecule has 0 saturated heterocycles. The van der Waals surface area contributed by atoms with Crippen LogP contribution < -0.4 is 10.5 Å². The molecule has 12 heavy (non-hydrogen) atoms. The molecule has 0 spiro atoms. The molecule has 1 unspecified atom stereocenters. The number of nitrogens with two attached hydrogens (primary N) is 1. The van der Waals surface area contributed by atoms with Crippen LogP contribution in [0.5, 0.6) is 5.75 Å². The number of ether oxygens (including phenoxy) is 1. The van der Waals surface area contributed by atoms with Crippen LogP contribution in [0.15, 0.2) is 18.3 Å². The van der Waals surface area contributed by atoms with Crippen molar-refractivity contribution in [1.29, 1.82) is 5.26 Å². The van der Waals surface area contributed by atoms with Crippen molar-refractivity contribution in [3.63, 3.8) is 0 Å². The molecule has 0 aromatic carbocycles. The first-order valence-electron chi connectivity index (χ1n) is 3.51. The zero-order chi connectivity index (χ0) is 8.97. The number of hydrogen-bond donors (Lipinski definition) is 1. The quantitative estimate of drug-likeness (QED) is 0.704. The standard InChI is InChI=1S/C8H9N3O/c1-6(5-9)12-7-3-2-4-11-8(7)10/h2-4,6H,1H3,(H2,10,11). The lowest BCUT2D eigenvalue weighted by Gasteiger charge is -2.08. The second-order valence-corrected chi connectivity index (χ2v) is 2.28. The molecule has 0 aliphatic rings. The summed E-state index contributed by atoms with van der Waals surface area (Å²) in [5.41, 5.74) is 5.48. The Morgan fingerprint density at radius 1 is 1.75 bits per heavy atom. The molecule has 0 aliphatic heterocycles. The van der Waals surface area contributed by atoms with E-state index in [9.17, 15) is 0 Å². The monoisotopic (exact) mass is 163 g/mol. The summed E-state index contributed by atoms with van der Waals surface area (Å²) in [5, 5.41) is 8.45. The van der Waals surface area contributed by atoms with Gasteiger partial charge in [-0.1, -0.05) is 0 Å². The molecule has 0 bridgehead atoms. The normalized spacial score (nSPS) is 11.7. The van der Waals surface area contributed by atoms with Crippen molar-refractivity contribution in [2.24, 2.45) is 0 Å². The van der Waals surface area contributed by atoms with Gasteiger partial charge in [-0.2, -0.15) is 5.26 Å². The van der Waals surface area contributed by atoms with Crippen LogP contribution in [0.4, 0.5) is 5.82 Å². The van der Waals surface area contributed by atoms with Gasteiger partial charge >= 0.3 is 0 Å². The van der Waals surface area contributed by atoms with Gasteiger partial charge in [-0.3, -0.25) is 0 Å². The lowest BCUT2D eigenvalue weighted by Crippen LogP contribution is -2.09. The van der Waals surface area contributed by atoms with Crippen LogP contribution in [0.1, 0.15) is 6.92 Å². The number of rotatable bonds is 2. The highest BCUT2D eigenvalue weighted by atomic mass is 16.5. The number of nitriles is 1. The molecule has 1 rings (SSSR count). The second-order valence-electron chi connectivity index (χ2n) is 2.28. The molecule has 1 atom stereocenters. The minimum absolute atomic E-state index is 0.305. The zero-order valence-corrected chi connectivity index (χ0v) is 6.69. The van der Waals surface area contributed by atoms with E-state index in [4.69, 9.17) is 15.7 Å². The Balaban J connectivity index is 2.77. The molecule has 1 aromatic rings. The molecule has 0 saturated carbocycles. The number of anilines is 1. The summed E-state index contributed by atoms with van der Waals surface area (Å²) in [6.45, 7) is 1.65. The Hall–Kier alpha value is -1.76. The van der Waals surface area contributed by atoms with E-state index in [-0.39, 0.29) is 0 Å². The number of aromatic nitrogens is 1. The topological polar surface area (TPSA) is 71.9 Å². The fraction of sp³-hybridized carbons (Fsp3) is 0.250. The summed E-state index contributed by atoms with van der Waals surface area (Å²) in [6.07, 6.45) is 1.07. The van der Waals surface area contributed by atoms with Crippen molar-refractivity contribution in [2.75, 3.05) is 5.73 Å². The van der Waals surface area contributed by atoms with Gasteiger partial charge in [0.2, 0.25) is 0 Å². The van der Waals surface area contributed by atoms with Crippen molar-refractivity contribution in [2.45, 2.75) is 13.0 Å². The molecule has 0 radical (unpaired) electrons. The van der Waals surface area contributed by atoms with Crippen molar-refractivity contribution < 1.29 is 4.74 Å². The summed E-state index contributed by atoms with van der Waals surface area (Å²) in [4.78, 5) is 3.81. The number of nitrogens with zero attached hydrogens (tertiary/aromatic N) is 2. The first-order chi connectivity index (χ1) is 5.74. The first kappa shape index (κ1) is 8.34. The summed E-state index contributed by atoms with van der Waals surface area (Å²) in [7, 11) is 0. The average molecular weight is 163 g/mol. The maximum atomic E-state index is 8.45. The van der Waals surface area contributed by atoms with Crippen molar-refractivity contribution in [3.05, 3.63) is 18.3 Å².